The second kappa shape index (κ2) is 10.8. The molecule has 0 unspecified atom stereocenters. The molecule has 2 aromatic rings. The van der Waals surface area contributed by atoms with Crippen molar-refractivity contribution in [2.24, 2.45) is 0 Å². The third-order valence-corrected chi connectivity index (χ3v) is 6.75. The molecule has 3 N–H and O–H groups in total. The second-order valence-electron chi connectivity index (χ2n) is 7.81. The van der Waals surface area contributed by atoms with Crippen LogP contribution in [-0.2, 0) is 14.8 Å². The van der Waals surface area contributed by atoms with Crippen molar-refractivity contribution >= 4 is 27.4 Å². The van der Waals surface area contributed by atoms with Gasteiger partial charge in [-0.15, -0.1) is 0 Å². The van der Waals surface area contributed by atoms with Crippen molar-refractivity contribution in [1.29, 1.82) is 0 Å². The maximum Gasteiger partial charge on any atom is 0.262 e. The molecule has 174 valence electrons. The normalized spacial score (nSPS) is 14.3. The topological polar surface area (TPSA) is 113 Å². The third kappa shape index (κ3) is 5.96. The van der Waals surface area contributed by atoms with Crippen LogP contribution in [0.2, 0.25) is 0 Å². The number of anilines is 2. The number of carbonyl (C=O) groups excluding carboxylic acids is 1. The van der Waals surface area contributed by atoms with E-state index in [1.165, 1.54) is 6.20 Å². The van der Waals surface area contributed by atoms with E-state index in [1.54, 1.807) is 32.2 Å². The summed E-state index contributed by atoms with van der Waals surface area (Å²) >= 11 is 0. The number of nitrogens with zero attached hydrogens (tertiary/aromatic N) is 2. The fourth-order valence-corrected chi connectivity index (χ4v) is 4.90. The standard InChI is InChI=1S/C22H31N5O4S/c1-16-5-6-20(17(2)13-16)32(29,30)26-18-14-19(22(28)24-7-4-12-31-3)21(25-15-18)27-10-8-23-9-11-27/h5-6,13-15,23,26H,4,7-12H2,1-3H3,(H,24,28). The highest BCUT2D eigenvalue weighted by Crippen LogP contribution is 2.25. The molecule has 0 aliphatic carbocycles. The van der Waals surface area contributed by atoms with Crippen LogP contribution in [0.3, 0.4) is 0 Å². The number of ether oxygens (including phenoxy) is 1. The third-order valence-electron chi connectivity index (χ3n) is 5.21. The molecule has 10 heteroatoms. The van der Waals surface area contributed by atoms with E-state index in [0.29, 0.717) is 49.6 Å². The summed E-state index contributed by atoms with van der Waals surface area (Å²) in [5, 5.41) is 6.15. The minimum atomic E-state index is -3.83. The van der Waals surface area contributed by atoms with Crippen LogP contribution >= 0.6 is 0 Å². The van der Waals surface area contributed by atoms with E-state index in [0.717, 1.165) is 18.7 Å². The van der Waals surface area contributed by atoms with Crippen LogP contribution in [-0.4, -0.2) is 65.7 Å². The molecule has 0 atom stereocenters. The number of benzene rings is 1. The molecule has 9 nitrogen and oxygen atoms in total. The summed E-state index contributed by atoms with van der Waals surface area (Å²) in [4.78, 5) is 19.6. The van der Waals surface area contributed by atoms with E-state index in [1.807, 2.05) is 17.9 Å². The number of aryl methyl sites for hydroxylation is 2. The first-order chi connectivity index (χ1) is 15.3. The van der Waals surface area contributed by atoms with Gasteiger partial charge in [0.2, 0.25) is 0 Å². The first kappa shape index (κ1) is 24.0. The van der Waals surface area contributed by atoms with Crippen LogP contribution in [0.15, 0.2) is 35.4 Å². The quantitative estimate of drug-likeness (QED) is 0.487. The molecule has 1 aromatic heterocycles. The van der Waals surface area contributed by atoms with Gasteiger partial charge in [-0.1, -0.05) is 17.7 Å². The van der Waals surface area contributed by atoms with Crippen LogP contribution in [0.25, 0.3) is 0 Å². The van der Waals surface area contributed by atoms with Crippen molar-refractivity contribution < 1.29 is 17.9 Å². The van der Waals surface area contributed by atoms with E-state index in [4.69, 9.17) is 4.74 Å². The smallest absolute Gasteiger partial charge is 0.262 e. The van der Waals surface area contributed by atoms with Crippen molar-refractivity contribution in [2.75, 3.05) is 56.1 Å². The Kier molecular flexibility index (Phi) is 8.05. The molecule has 1 aliphatic heterocycles. The summed E-state index contributed by atoms with van der Waals surface area (Å²) in [6.45, 7) is 7.66. The summed E-state index contributed by atoms with van der Waals surface area (Å²) in [6, 6.07) is 6.71. The number of carbonyl (C=O) groups is 1. The molecule has 0 bridgehead atoms. The molecule has 0 spiro atoms. The Morgan fingerprint density at radius 1 is 1.22 bits per heavy atom. The summed E-state index contributed by atoms with van der Waals surface area (Å²) < 4.78 is 33.5. The van der Waals surface area contributed by atoms with Gasteiger partial charge in [0.05, 0.1) is 22.3 Å². The number of pyridine rings is 1. The average Bonchev–Trinajstić information content (AvgIpc) is 2.76. The SMILES string of the molecule is COCCCNC(=O)c1cc(NS(=O)(=O)c2ccc(C)cc2C)cnc1N1CCNCC1. The Bertz CT molecular complexity index is 1050. The van der Waals surface area contributed by atoms with Gasteiger partial charge in [-0.3, -0.25) is 9.52 Å². The molecule has 0 saturated carbocycles. The maximum atomic E-state index is 13.0. The molecule has 3 rings (SSSR count). The largest absolute Gasteiger partial charge is 0.385 e. The lowest BCUT2D eigenvalue weighted by atomic mass is 10.2. The van der Waals surface area contributed by atoms with Crippen molar-refractivity contribution in [3.8, 4) is 0 Å². The summed E-state index contributed by atoms with van der Waals surface area (Å²) in [5.74, 6) is 0.250. The van der Waals surface area contributed by atoms with E-state index in [9.17, 15) is 13.2 Å². The van der Waals surface area contributed by atoms with Gasteiger partial charge in [-0.25, -0.2) is 13.4 Å². The molecular formula is C22H31N5O4S. The number of methoxy groups -OCH3 is 1. The molecule has 2 heterocycles. The number of hydrogen-bond acceptors (Lipinski definition) is 7. The summed E-state index contributed by atoms with van der Waals surface area (Å²) in [5.41, 5.74) is 2.21. The number of hydrogen-bond donors (Lipinski definition) is 3. The van der Waals surface area contributed by atoms with Crippen molar-refractivity contribution in [3.63, 3.8) is 0 Å². The summed E-state index contributed by atoms with van der Waals surface area (Å²) in [6.07, 6.45) is 2.14. The Labute approximate surface area is 189 Å². The van der Waals surface area contributed by atoms with Crippen LogP contribution < -0.4 is 20.3 Å². The van der Waals surface area contributed by atoms with Gasteiger partial charge in [-0.2, -0.15) is 0 Å². The molecule has 32 heavy (non-hydrogen) atoms. The van der Waals surface area contributed by atoms with Gasteiger partial charge in [0.25, 0.3) is 15.9 Å². The Morgan fingerprint density at radius 3 is 2.66 bits per heavy atom. The molecule has 1 fully saturated rings. The van der Waals surface area contributed by atoms with Crippen molar-refractivity contribution in [2.45, 2.75) is 25.2 Å². The van der Waals surface area contributed by atoms with Gasteiger partial charge in [-0.05, 0) is 38.0 Å². The zero-order chi connectivity index (χ0) is 23.1. The van der Waals surface area contributed by atoms with E-state index in [-0.39, 0.29) is 16.5 Å². The molecule has 1 saturated heterocycles. The first-order valence-electron chi connectivity index (χ1n) is 10.6. The number of sulfonamides is 1. The molecule has 1 aliphatic rings. The van der Waals surface area contributed by atoms with Crippen molar-refractivity contribution in [3.05, 3.63) is 47.2 Å². The minimum absolute atomic E-state index is 0.194. The molecule has 1 aromatic carbocycles. The highest BCUT2D eigenvalue weighted by atomic mass is 32.2. The summed E-state index contributed by atoms with van der Waals surface area (Å²) in [7, 11) is -2.22. The highest BCUT2D eigenvalue weighted by molar-refractivity contribution is 7.92. The maximum absolute atomic E-state index is 13.0. The van der Waals surface area contributed by atoms with Crippen LogP contribution in [0.5, 0.6) is 0 Å². The van der Waals surface area contributed by atoms with Gasteiger partial charge >= 0.3 is 0 Å². The second-order valence-corrected chi connectivity index (χ2v) is 9.46. The van der Waals surface area contributed by atoms with Crippen LogP contribution in [0.1, 0.15) is 27.9 Å². The Morgan fingerprint density at radius 2 is 1.97 bits per heavy atom. The monoisotopic (exact) mass is 461 g/mol. The zero-order valence-electron chi connectivity index (χ0n) is 18.8. The predicted octanol–water partition coefficient (Wildman–Crippen LogP) is 1.68. The van der Waals surface area contributed by atoms with Gasteiger partial charge in [0.15, 0.2) is 0 Å². The lowest BCUT2D eigenvalue weighted by Gasteiger charge is -2.30. The number of rotatable bonds is 9. The average molecular weight is 462 g/mol. The first-order valence-corrected chi connectivity index (χ1v) is 12.1. The number of amides is 1. The lowest BCUT2D eigenvalue weighted by Crippen LogP contribution is -2.44. The fourth-order valence-electron chi connectivity index (χ4n) is 3.63. The van der Waals surface area contributed by atoms with E-state index >= 15 is 0 Å². The van der Waals surface area contributed by atoms with E-state index < -0.39 is 10.0 Å². The number of aromatic nitrogens is 1. The van der Waals surface area contributed by atoms with Crippen LogP contribution in [0.4, 0.5) is 11.5 Å². The van der Waals surface area contributed by atoms with Gasteiger partial charge in [0.1, 0.15) is 5.82 Å². The van der Waals surface area contributed by atoms with E-state index in [2.05, 4.69) is 20.3 Å². The number of nitrogens with one attached hydrogen (secondary N) is 3. The fraction of sp³-hybridized carbons (Fsp3) is 0.455. The minimum Gasteiger partial charge on any atom is -0.385 e. The predicted molar refractivity (Wildman–Crippen MR) is 125 cm³/mol. The molecular weight excluding hydrogens is 430 g/mol. The van der Waals surface area contributed by atoms with Gasteiger partial charge < -0.3 is 20.3 Å². The van der Waals surface area contributed by atoms with Gasteiger partial charge in [0, 0.05) is 46.4 Å². The molecule has 0 radical (unpaired) electrons. The van der Waals surface area contributed by atoms with Crippen molar-refractivity contribution in [1.82, 2.24) is 15.6 Å². The zero-order valence-corrected chi connectivity index (χ0v) is 19.6. The lowest BCUT2D eigenvalue weighted by molar-refractivity contribution is 0.0948. The molecule has 1 amide bonds. The van der Waals surface area contributed by atoms with Crippen LogP contribution in [0, 0.1) is 13.8 Å². The highest BCUT2D eigenvalue weighted by Gasteiger charge is 2.23. The Balaban J connectivity index is 1.88. The Hall–Kier alpha value is -2.69. The number of piperazine rings is 1.